The van der Waals surface area contributed by atoms with Crippen molar-refractivity contribution >= 4 is 29.6 Å². The summed E-state index contributed by atoms with van der Waals surface area (Å²) in [5.41, 5.74) is 3.36. The summed E-state index contributed by atoms with van der Waals surface area (Å²) < 4.78 is 45.9. The molecule has 1 saturated heterocycles. The summed E-state index contributed by atoms with van der Waals surface area (Å²) in [5.74, 6) is 0.0819. The van der Waals surface area contributed by atoms with E-state index in [-0.39, 0.29) is 5.75 Å². The molecule has 184 valence electrons. The first-order valence-corrected chi connectivity index (χ1v) is 12.5. The van der Waals surface area contributed by atoms with E-state index in [9.17, 15) is 18.0 Å². The van der Waals surface area contributed by atoms with Crippen molar-refractivity contribution in [2.75, 3.05) is 30.2 Å². The number of ether oxygens (including phenoxy) is 1. The molecule has 5 nitrogen and oxygen atoms in total. The van der Waals surface area contributed by atoms with Crippen LogP contribution in [0.15, 0.2) is 41.3 Å². The SMILES string of the molecule is CNc1c(C2CCNCC2)cc(NSc2ccccc2OC(F)(F)F)cc1C1(C=O)CCCC1. The van der Waals surface area contributed by atoms with E-state index in [0.29, 0.717) is 10.8 Å². The lowest BCUT2D eigenvalue weighted by Crippen LogP contribution is -2.29. The molecular formula is C25H30F3N3O2S. The summed E-state index contributed by atoms with van der Waals surface area (Å²) in [6.07, 6.45) is 1.90. The maximum absolute atomic E-state index is 12.8. The number of alkyl halides is 3. The molecule has 1 heterocycles. The van der Waals surface area contributed by atoms with E-state index in [1.165, 1.54) is 12.1 Å². The number of benzene rings is 2. The molecule has 1 aliphatic heterocycles. The van der Waals surface area contributed by atoms with Gasteiger partial charge < -0.3 is 24.9 Å². The van der Waals surface area contributed by atoms with Crippen molar-refractivity contribution in [3.05, 3.63) is 47.5 Å². The number of hydrogen-bond donors (Lipinski definition) is 3. The zero-order valence-electron chi connectivity index (χ0n) is 19.1. The van der Waals surface area contributed by atoms with Crippen LogP contribution < -0.4 is 20.1 Å². The number of carbonyl (C=O) groups excluding carboxylic acids is 1. The van der Waals surface area contributed by atoms with E-state index < -0.39 is 11.8 Å². The van der Waals surface area contributed by atoms with Crippen LogP contribution >= 0.6 is 11.9 Å². The van der Waals surface area contributed by atoms with Crippen molar-refractivity contribution in [2.24, 2.45) is 0 Å². The molecule has 0 unspecified atom stereocenters. The predicted molar refractivity (Wildman–Crippen MR) is 130 cm³/mol. The van der Waals surface area contributed by atoms with Gasteiger partial charge in [0.1, 0.15) is 12.0 Å². The Kier molecular flexibility index (Phi) is 7.62. The van der Waals surface area contributed by atoms with Crippen molar-refractivity contribution in [3.8, 4) is 5.75 Å². The summed E-state index contributed by atoms with van der Waals surface area (Å²) in [6.45, 7) is 1.85. The number of rotatable bonds is 8. The van der Waals surface area contributed by atoms with Crippen molar-refractivity contribution in [1.82, 2.24) is 5.32 Å². The van der Waals surface area contributed by atoms with Gasteiger partial charge in [0, 0.05) is 18.4 Å². The molecule has 0 bridgehead atoms. The fourth-order valence-electron chi connectivity index (χ4n) is 5.16. The molecule has 2 aromatic rings. The zero-order valence-corrected chi connectivity index (χ0v) is 20.0. The minimum absolute atomic E-state index is 0.252. The number of nitrogens with one attached hydrogen (secondary N) is 3. The van der Waals surface area contributed by atoms with E-state index in [0.717, 1.165) is 92.4 Å². The number of para-hydroxylation sites is 1. The quantitative estimate of drug-likeness (QED) is 0.300. The third kappa shape index (κ3) is 5.46. The number of halogens is 3. The average Bonchev–Trinajstić information content (AvgIpc) is 3.33. The smallest absolute Gasteiger partial charge is 0.405 e. The van der Waals surface area contributed by atoms with Gasteiger partial charge in [-0.25, -0.2) is 0 Å². The van der Waals surface area contributed by atoms with Crippen LogP contribution in [0.4, 0.5) is 24.5 Å². The third-order valence-corrected chi connectivity index (χ3v) is 7.70. The lowest BCUT2D eigenvalue weighted by atomic mass is 9.76. The molecule has 2 aliphatic rings. The van der Waals surface area contributed by atoms with Crippen LogP contribution in [-0.2, 0) is 10.2 Å². The van der Waals surface area contributed by atoms with Crippen LogP contribution in [0, 0.1) is 0 Å². The Balaban J connectivity index is 1.70. The number of piperidine rings is 1. The molecule has 0 atom stereocenters. The second-order valence-electron chi connectivity index (χ2n) is 8.94. The first-order chi connectivity index (χ1) is 16.3. The molecular weight excluding hydrogens is 463 g/mol. The van der Waals surface area contributed by atoms with Gasteiger partial charge in [0.05, 0.1) is 10.3 Å². The molecule has 1 saturated carbocycles. The molecule has 0 amide bonds. The van der Waals surface area contributed by atoms with Gasteiger partial charge in [-0.2, -0.15) is 0 Å². The van der Waals surface area contributed by atoms with Crippen LogP contribution in [0.3, 0.4) is 0 Å². The first kappa shape index (κ1) is 24.7. The summed E-state index contributed by atoms with van der Waals surface area (Å²) in [7, 11) is 1.89. The Morgan fingerprint density at radius 3 is 2.50 bits per heavy atom. The highest BCUT2D eigenvalue weighted by Crippen LogP contribution is 2.47. The molecule has 2 aromatic carbocycles. The topological polar surface area (TPSA) is 62.4 Å². The monoisotopic (exact) mass is 493 g/mol. The molecule has 34 heavy (non-hydrogen) atoms. The average molecular weight is 494 g/mol. The summed E-state index contributed by atoms with van der Waals surface area (Å²) in [5, 5.41) is 6.77. The minimum Gasteiger partial charge on any atom is -0.405 e. The molecule has 1 aliphatic carbocycles. The van der Waals surface area contributed by atoms with E-state index in [1.54, 1.807) is 12.1 Å². The molecule has 2 fully saturated rings. The Hall–Kier alpha value is -2.39. The maximum Gasteiger partial charge on any atom is 0.573 e. The number of carbonyl (C=O) groups is 1. The maximum atomic E-state index is 12.8. The number of hydrogen-bond acceptors (Lipinski definition) is 6. The van der Waals surface area contributed by atoms with E-state index in [2.05, 4.69) is 26.2 Å². The normalized spacial score (nSPS) is 18.5. The lowest BCUT2D eigenvalue weighted by Gasteiger charge is -2.32. The molecule has 4 rings (SSSR count). The fourth-order valence-corrected chi connectivity index (χ4v) is 5.87. The fraction of sp³-hybridized carbons (Fsp3) is 0.480. The van der Waals surface area contributed by atoms with Crippen LogP contribution in [0.5, 0.6) is 5.75 Å². The van der Waals surface area contributed by atoms with Crippen molar-refractivity contribution in [3.63, 3.8) is 0 Å². The third-order valence-electron chi connectivity index (χ3n) is 6.81. The Morgan fingerprint density at radius 2 is 1.85 bits per heavy atom. The predicted octanol–water partition coefficient (Wildman–Crippen LogP) is 6.22. The summed E-state index contributed by atoms with van der Waals surface area (Å²) >= 11 is 1.07. The van der Waals surface area contributed by atoms with Crippen molar-refractivity contribution in [1.29, 1.82) is 0 Å². The highest BCUT2D eigenvalue weighted by Gasteiger charge is 2.39. The van der Waals surface area contributed by atoms with Crippen LogP contribution in [0.25, 0.3) is 0 Å². The highest BCUT2D eigenvalue weighted by atomic mass is 32.2. The van der Waals surface area contributed by atoms with Crippen molar-refractivity contribution in [2.45, 2.75) is 61.1 Å². The summed E-state index contributed by atoms with van der Waals surface area (Å²) in [6, 6.07) is 10.1. The Morgan fingerprint density at radius 1 is 1.15 bits per heavy atom. The second-order valence-corrected chi connectivity index (χ2v) is 9.79. The van der Waals surface area contributed by atoms with Gasteiger partial charge in [-0.15, -0.1) is 13.2 Å². The molecule has 3 N–H and O–H groups in total. The first-order valence-electron chi connectivity index (χ1n) is 11.7. The van der Waals surface area contributed by atoms with Gasteiger partial charge in [-0.1, -0.05) is 25.0 Å². The minimum atomic E-state index is -4.76. The van der Waals surface area contributed by atoms with E-state index >= 15 is 0 Å². The van der Waals surface area contributed by atoms with Gasteiger partial charge in [0.2, 0.25) is 0 Å². The van der Waals surface area contributed by atoms with Gasteiger partial charge in [0.15, 0.2) is 0 Å². The van der Waals surface area contributed by atoms with Gasteiger partial charge in [-0.05, 0) is 92.0 Å². The summed E-state index contributed by atoms with van der Waals surface area (Å²) in [4.78, 5) is 12.7. The number of anilines is 2. The van der Waals surface area contributed by atoms with Crippen LogP contribution in [0.2, 0.25) is 0 Å². The van der Waals surface area contributed by atoms with Crippen molar-refractivity contribution < 1.29 is 22.7 Å². The Bertz CT molecular complexity index is 1000. The van der Waals surface area contributed by atoms with E-state index in [1.807, 2.05) is 13.1 Å². The second kappa shape index (κ2) is 10.5. The molecule has 0 spiro atoms. The van der Waals surface area contributed by atoms with Gasteiger partial charge in [-0.3, -0.25) is 0 Å². The van der Waals surface area contributed by atoms with Gasteiger partial charge >= 0.3 is 6.36 Å². The van der Waals surface area contributed by atoms with Crippen LogP contribution in [0.1, 0.15) is 55.6 Å². The molecule has 9 heteroatoms. The standard InChI is InChI=1S/C25H30F3N3O2S/c1-29-23-19(17-8-12-30-13-9-17)14-18(15-20(23)24(16-32)10-4-5-11-24)31-34-22-7-3-2-6-21(22)33-25(26,27)28/h2-3,6-7,14-17,29-31H,4-5,8-13H2,1H3. The van der Waals surface area contributed by atoms with Gasteiger partial charge in [0.25, 0.3) is 0 Å². The Labute approximate surface area is 202 Å². The molecule has 0 radical (unpaired) electrons. The largest absolute Gasteiger partial charge is 0.573 e. The lowest BCUT2D eigenvalue weighted by molar-refractivity contribution is -0.275. The highest BCUT2D eigenvalue weighted by molar-refractivity contribution is 8.00. The molecule has 0 aromatic heterocycles. The van der Waals surface area contributed by atoms with E-state index in [4.69, 9.17) is 0 Å². The van der Waals surface area contributed by atoms with Crippen LogP contribution in [-0.4, -0.2) is 32.8 Å². The number of aldehydes is 1. The zero-order chi connectivity index (χ0) is 24.2.